The van der Waals surface area contributed by atoms with Crippen LogP contribution in [0.4, 0.5) is 13.2 Å². The number of allylic oxidation sites excluding steroid dienone is 2. The van der Waals surface area contributed by atoms with Gasteiger partial charge in [-0.3, -0.25) is 0 Å². The minimum Gasteiger partial charge on any atom is -0.207 e. The second kappa shape index (κ2) is 9.58. The SMILES string of the molecule is C/C=C/CCc1ccc(-c2cc(F)c(C#Cc3ccc4cc(F)ccc4c3)c(F)c2)cc1. The molecule has 4 rings (SSSR count). The molecular weight excluding hydrogens is 405 g/mol. The lowest BCUT2D eigenvalue weighted by Gasteiger charge is -2.06. The van der Waals surface area contributed by atoms with Crippen LogP contribution in [-0.2, 0) is 6.42 Å². The maximum absolute atomic E-state index is 14.7. The summed E-state index contributed by atoms with van der Waals surface area (Å²) < 4.78 is 42.7. The molecular formula is C29H21F3. The third-order valence-corrected chi connectivity index (χ3v) is 5.30. The van der Waals surface area contributed by atoms with Crippen molar-refractivity contribution in [1.82, 2.24) is 0 Å². The molecule has 0 radical (unpaired) electrons. The van der Waals surface area contributed by atoms with E-state index in [0.29, 0.717) is 11.1 Å². The van der Waals surface area contributed by atoms with Crippen LogP contribution in [0.3, 0.4) is 0 Å². The molecule has 0 unspecified atom stereocenters. The van der Waals surface area contributed by atoms with Crippen LogP contribution in [0, 0.1) is 29.3 Å². The highest BCUT2D eigenvalue weighted by Crippen LogP contribution is 2.25. The first-order valence-electron chi connectivity index (χ1n) is 10.4. The fraction of sp³-hybridized carbons (Fsp3) is 0.103. The Kier molecular flexibility index (Phi) is 6.42. The maximum Gasteiger partial charge on any atom is 0.142 e. The van der Waals surface area contributed by atoms with Crippen LogP contribution < -0.4 is 0 Å². The molecule has 0 aliphatic heterocycles. The minimum atomic E-state index is -0.701. The van der Waals surface area contributed by atoms with Crippen LogP contribution in [0.1, 0.15) is 30.0 Å². The summed E-state index contributed by atoms with van der Waals surface area (Å²) in [6, 6.07) is 20.0. The molecule has 158 valence electrons. The van der Waals surface area contributed by atoms with Crippen LogP contribution in [0.15, 0.2) is 84.9 Å². The first kappa shape index (κ1) is 21.5. The monoisotopic (exact) mass is 426 g/mol. The van der Waals surface area contributed by atoms with E-state index in [0.717, 1.165) is 29.2 Å². The van der Waals surface area contributed by atoms with Gasteiger partial charge >= 0.3 is 0 Å². The van der Waals surface area contributed by atoms with Gasteiger partial charge in [0, 0.05) is 5.56 Å². The lowest BCUT2D eigenvalue weighted by atomic mass is 10.00. The summed E-state index contributed by atoms with van der Waals surface area (Å²) in [7, 11) is 0. The first-order chi connectivity index (χ1) is 15.5. The standard InChI is InChI=1S/C29H21F3/c1-2-3-4-5-20-6-10-22(11-7-20)25-18-28(31)27(29(32)19-25)15-9-21-8-12-24-17-26(30)14-13-23(24)16-21/h2-3,6-8,10-14,16-19H,4-5H2,1H3/b3-2+. The molecule has 0 bridgehead atoms. The summed E-state index contributed by atoms with van der Waals surface area (Å²) in [5, 5.41) is 1.55. The zero-order valence-electron chi connectivity index (χ0n) is 17.6. The average Bonchev–Trinajstić information content (AvgIpc) is 2.79. The van der Waals surface area contributed by atoms with Crippen molar-refractivity contribution in [2.24, 2.45) is 0 Å². The van der Waals surface area contributed by atoms with Crippen molar-refractivity contribution >= 4 is 10.8 Å². The van der Waals surface area contributed by atoms with Gasteiger partial charge in [-0.15, -0.1) is 0 Å². The van der Waals surface area contributed by atoms with E-state index >= 15 is 0 Å². The Morgan fingerprint density at radius 1 is 0.719 bits per heavy atom. The highest BCUT2D eigenvalue weighted by Gasteiger charge is 2.11. The topological polar surface area (TPSA) is 0 Å². The lowest BCUT2D eigenvalue weighted by molar-refractivity contribution is 0.578. The molecule has 4 aromatic rings. The third-order valence-electron chi connectivity index (χ3n) is 5.30. The smallest absolute Gasteiger partial charge is 0.142 e. The van der Waals surface area contributed by atoms with Gasteiger partial charge in [0.2, 0.25) is 0 Å². The number of benzene rings is 4. The van der Waals surface area contributed by atoms with Crippen LogP contribution in [-0.4, -0.2) is 0 Å². The molecule has 0 atom stereocenters. The lowest BCUT2D eigenvalue weighted by Crippen LogP contribution is -1.93. The Morgan fingerprint density at radius 3 is 2.12 bits per heavy atom. The second-order valence-electron chi connectivity index (χ2n) is 7.58. The van der Waals surface area contributed by atoms with Crippen molar-refractivity contribution in [3.8, 4) is 23.0 Å². The molecule has 0 nitrogen and oxygen atoms in total. The number of aryl methyl sites for hydroxylation is 1. The van der Waals surface area contributed by atoms with E-state index in [9.17, 15) is 13.2 Å². The van der Waals surface area contributed by atoms with E-state index in [-0.39, 0.29) is 11.4 Å². The zero-order chi connectivity index (χ0) is 22.5. The molecule has 0 aromatic heterocycles. The van der Waals surface area contributed by atoms with Gasteiger partial charge in [0.1, 0.15) is 17.5 Å². The van der Waals surface area contributed by atoms with Crippen LogP contribution in [0.2, 0.25) is 0 Å². The predicted octanol–water partition coefficient (Wildman–Crippen LogP) is 7.83. The summed E-state index contributed by atoms with van der Waals surface area (Å²) in [6.45, 7) is 1.99. The van der Waals surface area contributed by atoms with Gasteiger partial charge in [-0.25, -0.2) is 13.2 Å². The molecule has 32 heavy (non-hydrogen) atoms. The van der Waals surface area contributed by atoms with Gasteiger partial charge in [-0.1, -0.05) is 60.4 Å². The number of hydrogen-bond donors (Lipinski definition) is 0. The average molecular weight is 426 g/mol. The summed E-state index contributed by atoms with van der Waals surface area (Å²) in [5.41, 5.74) is 2.72. The van der Waals surface area contributed by atoms with Crippen molar-refractivity contribution in [3.63, 3.8) is 0 Å². The van der Waals surface area contributed by atoms with Crippen molar-refractivity contribution in [3.05, 3.63) is 119 Å². The molecule has 0 saturated heterocycles. The Morgan fingerprint density at radius 2 is 1.41 bits per heavy atom. The van der Waals surface area contributed by atoms with E-state index < -0.39 is 11.6 Å². The van der Waals surface area contributed by atoms with Crippen LogP contribution >= 0.6 is 0 Å². The molecule has 0 aliphatic carbocycles. The molecule has 4 aromatic carbocycles. The van der Waals surface area contributed by atoms with Crippen molar-refractivity contribution in [1.29, 1.82) is 0 Å². The number of hydrogen-bond acceptors (Lipinski definition) is 0. The fourth-order valence-electron chi connectivity index (χ4n) is 3.57. The van der Waals surface area contributed by atoms with E-state index in [1.54, 1.807) is 24.3 Å². The first-order valence-corrected chi connectivity index (χ1v) is 10.4. The highest BCUT2D eigenvalue weighted by atomic mass is 19.1. The van der Waals surface area contributed by atoms with E-state index in [2.05, 4.69) is 17.9 Å². The van der Waals surface area contributed by atoms with Crippen molar-refractivity contribution in [2.75, 3.05) is 0 Å². The molecule has 0 aliphatic rings. The number of halogens is 3. The molecule has 0 fully saturated rings. The Hall–Kier alpha value is -3.77. The molecule has 0 saturated carbocycles. The number of fused-ring (bicyclic) bond motifs is 1. The van der Waals surface area contributed by atoms with Gasteiger partial charge < -0.3 is 0 Å². The zero-order valence-corrected chi connectivity index (χ0v) is 17.6. The Balaban J connectivity index is 1.58. The molecule has 0 amide bonds. The summed E-state index contributed by atoms with van der Waals surface area (Å²) in [6.07, 6.45) is 6.01. The Labute approximate surface area is 186 Å². The van der Waals surface area contributed by atoms with Crippen LogP contribution in [0.25, 0.3) is 21.9 Å². The fourth-order valence-corrected chi connectivity index (χ4v) is 3.57. The second-order valence-corrected chi connectivity index (χ2v) is 7.58. The highest BCUT2D eigenvalue weighted by molar-refractivity contribution is 5.84. The Bertz CT molecular complexity index is 1330. The predicted molar refractivity (Wildman–Crippen MR) is 125 cm³/mol. The summed E-state index contributed by atoms with van der Waals surface area (Å²) >= 11 is 0. The normalized spacial score (nSPS) is 11.0. The van der Waals surface area contributed by atoms with Gasteiger partial charge in [0.25, 0.3) is 0 Å². The van der Waals surface area contributed by atoms with Crippen molar-refractivity contribution < 1.29 is 13.2 Å². The quantitative estimate of drug-likeness (QED) is 0.230. The summed E-state index contributed by atoms with van der Waals surface area (Å²) in [4.78, 5) is 0. The van der Waals surface area contributed by atoms with Gasteiger partial charge in [-0.05, 0) is 83.6 Å². The van der Waals surface area contributed by atoms with Crippen molar-refractivity contribution in [2.45, 2.75) is 19.8 Å². The molecule has 3 heteroatoms. The molecule has 0 spiro atoms. The maximum atomic E-state index is 14.7. The molecule has 0 heterocycles. The van der Waals surface area contributed by atoms with Gasteiger partial charge in [0.05, 0.1) is 5.56 Å². The number of rotatable bonds is 4. The van der Waals surface area contributed by atoms with E-state index in [1.807, 2.05) is 37.3 Å². The third kappa shape index (κ3) is 4.92. The van der Waals surface area contributed by atoms with Crippen LogP contribution in [0.5, 0.6) is 0 Å². The van der Waals surface area contributed by atoms with Gasteiger partial charge in [0.15, 0.2) is 0 Å². The summed E-state index contributed by atoms with van der Waals surface area (Å²) in [5.74, 6) is 3.70. The van der Waals surface area contributed by atoms with Gasteiger partial charge in [-0.2, -0.15) is 0 Å². The van der Waals surface area contributed by atoms with E-state index in [4.69, 9.17) is 0 Å². The largest absolute Gasteiger partial charge is 0.207 e. The van der Waals surface area contributed by atoms with E-state index in [1.165, 1.54) is 29.8 Å². The molecule has 0 N–H and O–H groups in total. The minimum absolute atomic E-state index is 0.268.